The van der Waals surface area contributed by atoms with Crippen molar-refractivity contribution in [3.63, 3.8) is 0 Å². The van der Waals surface area contributed by atoms with Gasteiger partial charge in [-0.1, -0.05) is 37.3 Å². The van der Waals surface area contributed by atoms with Gasteiger partial charge in [-0.2, -0.15) is 0 Å². The Morgan fingerprint density at radius 1 is 1.08 bits per heavy atom. The topological polar surface area (TPSA) is 96.0 Å². The van der Waals surface area contributed by atoms with Gasteiger partial charge in [0.05, 0.1) is 19.1 Å². The SMILES string of the molecule is CC[C@@H](C(=O)NC(C)C)N(Cc1ccccc1C)C(=O)CCCN(c1cccc(OC)c1)S(C)(=O)=O. The van der Waals surface area contributed by atoms with Crippen LogP contribution in [0.3, 0.4) is 0 Å². The third-order valence-electron chi connectivity index (χ3n) is 5.91. The second-order valence-corrected chi connectivity index (χ2v) is 11.1. The molecule has 198 valence electrons. The quantitative estimate of drug-likeness (QED) is 0.435. The number of nitrogens with one attached hydrogen (secondary N) is 1. The molecule has 0 aliphatic carbocycles. The largest absolute Gasteiger partial charge is 0.497 e. The lowest BCUT2D eigenvalue weighted by molar-refractivity contribution is -0.141. The number of carbonyl (C=O) groups is 2. The van der Waals surface area contributed by atoms with Gasteiger partial charge in [0.1, 0.15) is 11.8 Å². The predicted molar refractivity (Wildman–Crippen MR) is 144 cm³/mol. The molecule has 0 radical (unpaired) electrons. The van der Waals surface area contributed by atoms with Crippen LogP contribution >= 0.6 is 0 Å². The summed E-state index contributed by atoms with van der Waals surface area (Å²) in [4.78, 5) is 28.1. The number of benzene rings is 2. The molecular formula is C27H39N3O5S. The summed E-state index contributed by atoms with van der Waals surface area (Å²) in [7, 11) is -2.06. The molecule has 0 heterocycles. The van der Waals surface area contributed by atoms with E-state index in [1.165, 1.54) is 11.4 Å². The highest BCUT2D eigenvalue weighted by molar-refractivity contribution is 7.92. The van der Waals surface area contributed by atoms with E-state index in [-0.39, 0.29) is 30.8 Å². The smallest absolute Gasteiger partial charge is 0.243 e. The average molecular weight is 518 g/mol. The standard InChI is InChI=1S/C27H39N3O5S/c1-7-25(27(32)28-20(2)3)29(19-22-13-9-8-12-21(22)4)26(31)16-11-17-30(36(6,33)34)23-14-10-15-24(18-23)35-5/h8-10,12-15,18,20,25H,7,11,16-17,19H2,1-6H3,(H,28,32)/t25-/m0/s1. The molecule has 0 aliphatic heterocycles. The molecule has 2 amide bonds. The Morgan fingerprint density at radius 3 is 2.36 bits per heavy atom. The number of hydrogen-bond donors (Lipinski definition) is 1. The molecule has 0 fully saturated rings. The van der Waals surface area contributed by atoms with Crippen molar-refractivity contribution in [2.24, 2.45) is 0 Å². The van der Waals surface area contributed by atoms with E-state index >= 15 is 0 Å². The first-order valence-corrected chi connectivity index (χ1v) is 14.1. The maximum absolute atomic E-state index is 13.5. The monoisotopic (exact) mass is 517 g/mol. The van der Waals surface area contributed by atoms with Gasteiger partial charge in [0, 0.05) is 31.6 Å². The number of sulfonamides is 1. The Kier molecular flexibility index (Phi) is 10.8. The van der Waals surface area contributed by atoms with E-state index in [1.807, 2.05) is 52.0 Å². The third kappa shape index (κ3) is 8.26. The summed E-state index contributed by atoms with van der Waals surface area (Å²) in [5, 5.41) is 2.92. The Morgan fingerprint density at radius 2 is 1.78 bits per heavy atom. The van der Waals surface area contributed by atoms with Crippen molar-refractivity contribution in [3.05, 3.63) is 59.7 Å². The van der Waals surface area contributed by atoms with Crippen LogP contribution in [0.5, 0.6) is 5.75 Å². The summed E-state index contributed by atoms with van der Waals surface area (Å²) in [6.45, 7) is 8.07. The fourth-order valence-corrected chi connectivity index (χ4v) is 5.00. The zero-order valence-corrected chi connectivity index (χ0v) is 23.0. The molecule has 1 N–H and O–H groups in total. The summed E-state index contributed by atoms with van der Waals surface area (Å²) in [6.07, 6.45) is 2.01. The van der Waals surface area contributed by atoms with Crippen molar-refractivity contribution < 1.29 is 22.7 Å². The van der Waals surface area contributed by atoms with E-state index < -0.39 is 16.1 Å². The Bertz CT molecular complexity index is 1130. The maximum atomic E-state index is 13.5. The molecular weight excluding hydrogens is 478 g/mol. The highest BCUT2D eigenvalue weighted by Crippen LogP contribution is 2.24. The van der Waals surface area contributed by atoms with Gasteiger partial charge in [0.15, 0.2) is 0 Å². The Hall–Kier alpha value is -3.07. The van der Waals surface area contributed by atoms with Crippen LogP contribution in [-0.2, 0) is 26.2 Å². The molecule has 8 nitrogen and oxygen atoms in total. The van der Waals surface area contributed by atoms with Crippen LogP contribution in [0.15, 0.2) is 48.5 Å². The molecule has 36 heavy (non-hydrogen) atoms. The summed E-state index contributed by atoms with van der Waals surface area (Å²) < 4.78 is 31.5. The molecule has 0 aromatic heterocycles. The lowest BCUT2D eigenvalue weighted by Crippen LogP contribution is -2.50. The van der Waals surface area contributed by atoms with Crippen molar-refractivity contribution in [1.29, 1.82) is 0 Å². The van der Waals surface area contributed by atoms with Gasteiger partial charge in [-0.25, -0.2) is 8.42 Å². The zero-order valence-electron chi connectivity index (χ0n) is 22.2. The molecule has 0 unspecified atom stereocenters. The number of ether oxygens (including phenoxy) is 1. The summed E-state index contributed by atoms with van der Waals surface area (Å²) >= 11 is 0. The highest BCUT2D eigenvalue weighted by Gasteiger charge is 2.29. The number of methoxy groups -OCH3 is 1. The molecule has 0 saturated heterocycles. The van der Waals surface area contributed by atoms with Gasteiger partial charge >= 0.3 is 0 Å². The number of aryl methyl sites for hydroxylation is 1. The van der Waals surface area contributed by atoms with Crippen LogP contribution in [-0.4, -0.2) is 57.1 Å². The number of rotatable bonds is 13. The van der Waals surface area contributed by atoms with Crippen molar-refractivity contribution in [2.75, 3.05) is 24.2 Å². The van der Waals surface area contributed by atoms with Crippen molar-refractivity contribution in [1.82, 2.24) is 10.2 Å². The first-order chi connectivity index (χ1) is 17.0. The summed E-state index contributed by atoms with van der Waals surface area (Å²) in [6, 6.07) is 13.9. The number of hydrogen-bond acceptors (Lipinski definition) is 5. The minimum absolute atomic E-state index is 0.0480. The number of nitrogens with zero attached hydrogens (tertiary/aromatic N) is 2. The van der Waals surface area contributed by atoms with Gasteiger partial charge in [-0.15, -0.1) is 0 Å². The fraction of sp³-hybridized carbons (Fsp3) is 0.481. The van der Waals surface area contributed by atoms with E-state index in [1.54, 1.807) is 29.2 Å². The van der Waals surface area contributed by atoms with E-state index in [0.717, 1.165) is 17.4 Å². The van der Waals surface area contributed by atoms with Gasteiger partial charge in [-0.3, -0.25) is 13.9 Å². The van der Waals surface area contributed by atoms with E-state index in [4.69, 9.17) is 4.74 Å². The number of carbonyl (C=O) groups excluding carboxylic acids is 2. The van der Waals surface area contributed by atoms with Crippen LogP contribution in [0.4, 0.5) is 5.69 Å². The third-order valence-corrected chi connectivity index (χ3v) is 7.11. The van der Waals surface area contributed by atoms with Crippen molar-refractivity contribution >= 4 is 27.5 Å². The van der Waals surface area contributed by atoms with Crippen LogP contribution < -0.4 is 14.4 Å². The lowest BCUT2D eigenvalue weighted by Gasteiger charge is -2.32. The molecule has 1 atom stereocenters. The second-order valence-electron chi connectivity index (χ2n) is 9.18. The van der Waals surface area contributed by atoms with Crippen molar-refractivity contribution in [2.45, 2.75) is 65.6 Å². The molecule has 2 aromatic carbocycles. The minimum atomic E-state index is -3.57. The maximum Gasteiger partial charge on any atom is 0.243 e. The summed E-state index contributed by atoms with van der Waals surface area (Å²) in [5.74, 6) is 0.162. The van der Waals surface area contributed by atoms with E-state index in [0.29, 0.717) is 30.8 Å². The zero-order chi connectivity index (χ0) is 26.9. The lowest BCUT2D eigenvalue weighted by atomic mass is 10.0. The molecule has 0 aliphatic rings. The summed E-state index contributed by atoms with van der Waals surface area (Å²) in [5.41, 5.74) is 2.48. The van der Waals surface area contributed by atoms with Crippen LogP contribution in [0.25, 0.3) is 0 Å². The van der Waals surface area contributed by atoms with Gasteiger partial charge in [0.2, 0.25) is 21.8 Å². The van der Waals surface area contributed by atoms with Gasteiger partial charge in [0.25, 0.3) is 0 Å². The normalized spacial score (nSPS) is 12.2. The highest BCUT2D eigenvalue weighted by atomic mass is 32.2. The molecule has 0 spiro atoms. The first kappa shape index (κ1) is 29.2. The van der Waals surface area contributed by atoms with Gasteiger partial charge in [-0.05, 0) is 56.9 Å². The number of anilines is 1. The van der Waals surface area contributed by atoms with Crippen molar-refractivity contribution in [3.8, 4) is 5.75 Å². The molecule has 9 heteroatoms. The minimum Gasteiger partial charge on any atom is -0.497 e. The van der Waals surface area contributed by atoms with Gasteiger partial charge < -0.3 is 15.0 Å². The fourth-order valence-electron chi connectivity index (χ4n) is 4.04. The van der Waals surface area contributed by atoms with E-state index in [9.17, 15) is 18.0 Å². The van der Waals surface area contributed by atoms with Crippen LogP contribution in [0.1, 0.15) is 51.2 Å². The Labute approximate surface area is 215 Å². The molecule has 2 aromatic rings. The van der Waals surface area contributed by atoms with E-state index in [2.05, 4.69) is 5.32 Å². The number of amides is 2. The average Bonchev–Trinajstić information content (AvgIpc) is 2.81. The predicted octanol–water partition coefficient (Wildman–Crippen LogP) is 3.88. The Balaban J connectivity index is 2.24. The van der Waals surface area contributed by atoms with Crippen LogP contribution in [0.2, 0.25) is 0 Å². The first-order valence-electron chi connectivity index (χ1n) is 12.2. The second kappa shape index (κ2) is 13.3. The molecule has 2 rings (SSSR count). The van der Waals surface area contributed by atoms with Crippen LogP contribution in [0, 0.1) is 6.92 Å². The molecule has 0 bridgehead atoms. The molecule has 0 saturated carbocycles.